The van der Waals surface area contributed by atoms with E-state index in [2.05, 4.69) is 58.1 Å². The summed E-state index contributed by atoms with van der Waals surface area (Å²) in [6.45, 7) is 8.79. The fourth-order valence-corrected chi connectivity index (χ4v) is 3.34. The monoisotopic (exact) mass is 370 g/mol. The normalized spacial score (nSPS) is 26.6. The lowest BCUT2D eigenvalue weighted by atomic mass is 9.97. The van der Waals surface area contributed by atoms with Gasteiger partial charge in [-0.1, -0.05) is 52.7 Å². The molecule has 1 N–H and O–H groups in total. The van der Waals surface area contributed by atoms with Gasteiger partial charge in [0.15, 0.2) is 0 Å². The lowest BCUT2D eigenvalue weighted by molar-refractivity contribution is -0.136. The predicted molar refractivity (Wildman–Crippen MR) is 117 cm³/mol. The minimum atomic E-state index is -0.721. The van der Waals surface area contributed by atoms with Crippen LogP contribution >= 0.6 is 0 Å². The van der Waals surface area contributed by atoms with Crippen LogP contribution in [0.1, 0.15) is 91.9 Å². The second-order valence-electron chi connectivity index (χ2n) is 7.86. The highest BCUT2D eigenvalue weighted by molar-refractivity contribution is 5.67. The Hall–Kier alpha value is -1.83. The molecule has 0 aromatic rings. The van der Waals surface area contributed by atoms with Crippen LogP contribution in [0.2, 0.25) is 0 Å². The van der Waals surface area contributed by atoms with Crippen LogP contribution in [0.15, 0.2) is 58.2 Å². The number of rotatable bonds is 3. The minimum absolute atomic E-state index is 0.205. The van der Waals surface area contributed by atoms with Crippen LogP contribution < -0.4 is 0 Å². The minimum Gasteiger partial charge on any atom is -0.481 e. The Morgan fingerprint density at radius 3 is 1.70 bits per heavy atom. The molecule has 2 nitrogen and oxygen atoms in total. The number of carboxylic acid groups (broad SMARTS) is 1. The summed E-state index contributed by atoms with van der Waals surface area (Å²) in [6.07, 6.45) is 21.1. The molecule has 0 aromatic carbocycles. The number of allylic oxidation sites excluding steroid dienone is 10. The Morgan fingerprint density at radius 2 is 1.19 bits per heavy atom. The molecule has 0 radical (unpaired) electrons. The molecule has 1 aliphatic rings. The molecule has 1 rings (SSSR count). The van der Waals surface area contributed by atoms with Crippen molar-refractivity contribution in [2.75, 3.05) is 0 Å². The van der Waals surface area contributed by atoms with E-state index < -0.39 is 5.97 Å². The fraction of sp³-hybridized carbons (Fsp3) is 0.560. The summed E-state index contributed by atoms with van der Waals surface area (Å²) in [6, 6.07) is 0. The maximum Gasteiger partial charge on any atom is 0.303 e. The highest BCUT2D eigenvalue weighted by Crippen LogP contribution is 2.21. The van der Waals surface area contributed by atoms with Crippen LogP contribution in [-0.4, -0.2) is 11.1 Å². The molecule has 0 saturated heterocycles. The lowest BCUT2D eigenvalue weighted by Crippen LogP contribution is -1.97. The predicted octanol–water partition coefficient (Wildman–Crippen LogP) is 7.70. The first-order valence-corrected chi connectivity index (χ1v) is 10.4. The van der Waals surface area contributed by atoms with Crippen molar-refractivity contribution in [3.8, 4) is 0 Å². The van der Waals surface area contributed by atoms with Gasteiger partial charge in [0.25, 0.3) is 0 Å². The van der Waals surface area contributed by atoms with Crippen LogP contribution in [0.25, 0.3) is 0 Å². The molecular weight excluding hydrogens is 332 g/mol. The number of hydrogen-bond acceptors (Lipinski definition) is 1. The van der Waals surface area contributed by atoms with Gasteiger partial charge in [0.1, 0.15) is 0 Å². The molecule has 0 unspecified atom stereocenters. The highest BCUT2D eigenvalue weighted by Gasteiger charge is 2.05. The van der Waals surface area contributed by atoms with Gasteiger partial charge in [0, 0.05) is 6.42 Å². The van der Waals surface area contributed by atoms with Crippen LogP contribution in [0.5, 0.6) is 0 Å². The van der Waals surface area contributed by atoms with E-state index in [9.17, 15) is 4.79 Å². The molecule has 27 heavy (non-hydrogen) atoms. The van der Waals surface area contributed by atoms with Gasteiger partial charge < -0.3 is 5.11 Å². The topological polar surface area (TPSA) is 37.3 Å². The summed E-state index contributed by atoms with van der Waals surface area (Å²) in [7, 11) is 0. The zero-order valence-corrected chi connectivity index (χ0v) is 17.8. The van der Waals surface area contributed by atoms with E-state index in [0.717, 1.165) is 51.4 Å². The number of hydrogen-bond donors (Lipinski definition) is 1. The first kappa shape index (κ1) is 23.2. The van der Waals surface area contributed by atoms with Crippen LogP contribution in [-0.2, 0) is 4.79 Å². The van der Waals surface area contributed by atoms with Crippen molar-refractivity contribution in [1.82, 2.24) is 0 Å². The Bertz CT molecular complexity index is 627. The molecule has 1 aliphatic carbocycles. The largest absolute Gasteiger partial charge is 0.481 e. The van der Waals surface area contributed by atoms with E-state index in [4.69, 9.17) is 5.11 Å². The zero-order valence-electron chi connectivity index (χ0n) is 17.8. The SMILES string of the molecule is C/C1=C/CC/C(C)=C/CC/C(C)=C/CC/C=C(\C)CCC=C1CCC(=O)O. The number of aliphatic carboxylic acids is 1. The molecule has 0 saturated carbocycles. The molecule has 0 amide bonds. The summed E-state index contributed by atoms with van der Waals surface area (Å²) in [4.78, 5) is 11.0. The molecule has 0 aliphatic heterocycles. The fourth-order valence-electron chi connectivity index (χ4n) is 3.34. The summed E-state index contributed by atoms with van der Waals surface area (Å²) < 4.78 is 0. The van der Waals surface area contributed by atoms with E-state index in [1.165, 1.54) is 27.9 Å². The molecular formula is C25H38O2. The third-order valence-corrected chi connectivity index (χ3v) is 5.22. The Balaban J connectivity index is 2.90. The zero-order chi connectivity index (χ0) is 20.1. The maximum atomic E-state index is 11.0. The van der Waals surface area contributed by atoms with Gasteiger partial charge in [-0.25, -0.2) is 0 Å². The van der Waals surface area contributed by atoms with E-state index in [-0.39, 0.29) is 6.42 Å². The summed E-state index contributed by atoms with van der Waals surface area (Å²) >= 11 is 0. The Kier molecular flexibility index (Phi) is 11.5. The quantitative estimate of drug-likeness (QED) is 0.517. The summed E-state index contributed by atoms with van der Waals surface area (Å²) in [5.41, 5.74) is 6.81. The second-order valence-corrected chi connectivity index (χ2v) is 7.86. The van der Waals surface area contributed by atoms with Crippen molar-refractivity contribution in [2.24, 2.45) is 0 Å². The van der Waals surface area contributed by atoms with Gasteiger partial charge in [0.05, 0.1) is 0 Å². The van der Waals surface area contributed by atoms with Gasteiger partial charge in [0.2, 0.25) is 0 Å². The molecule has 0 heterocycles. The van der Waals surface area contributed by atoms with Crippen molar-refractivity contribution in [3.63, 3.8) is 0 Å². The molecule has 0 bridgehead atoms. The average molecular weight is 371 g/mol. The van der Waals surface area contributed by atoms with Gasteiger partial charge in [-0.15, -0.1) is 0 Å². The van der Waals surface area contributed by atoms with Gasteiger partial charge in [-0.3, -0.25) is 4.79 Å². The highest BCUT2D eigenvalue weighted by atomic mass is 16.4. The smallest absolute Gasteiger partial charge is 0.303 e. The van der Waals surface area contributed by atoms with E-state index >= 15 is 0 Å². The van der Waals surface area contributed by atoms with E-state index in [0.29, 0.717) is 6.42 Å². The van der Waals surface area contributed by atoms with Crippen LogP contribution in [0, 0.1) is 0 Å². The third-order valence-electron chi connectivity index (χ3n) is 5.22. The van der Waals surface area contributed by atoms with Crippen molar-refractivity contribution in [2.45, 2.75) is 91.9 Å². The van der Waals surface area contributed by atoms with E-state index in [1.54, 1.807) is 0 Å². The van der Waals surface area contributed by atoms with Gasteiger partial charge in [-0.2, -0.15) is 0 Å². The van der Waals surface area contributed by atoms with Crippen molar-refractivity contribution >= 4 is 5.97 Å². The lowest BCUT2D eigenvalue weighted by Gasteiger charge is -2.09. The van der Waals surface area contributed by atoms with Crippen molar-refractivity contribution in [3.05, 3.63) is 58.2 Å². The first-order chi connectivity index (χ1) is 12.9. The molecule has 150 valence electrons. The van der Waals surface area contributed by atoms with Crippen LogP contribution in [0.3, 0.4) is 0 Å². The molecule has 0 atom stereocenters. The third kappa shape index (κ3) is 11.5. The average Bonchev–Trinajstić information content (AvgIpc) is 2.60. The van der Waals surface area contributed by atoms with Crippen molar-refractivity contribution in [1.29, 1.82) is 0 Å². The molecule has 0 spiro atoms. The standard InChI is InChI=1S/C25H38O2/c1-20-10-5-6-11-21(2)15-9-17-24(18-19-25(26)27)23(4)16-8-14-22(3)13-7-12-20/h10-11,13,16-17H,5-9,12,14-15,18-19H2,1-4H3,(H,26,27)/b20-10+,21-11+,22-13+,23-16-,24-17?. The summed E-state index contributed by atoms with van der Waals surface area (Å²) in [5.74, 6) is -0.721. The first-order valence-electron chi connectivity index (χ1n) is 10.4. The summed E-state index contributed by atoms with van der Waals surface area (Å²) in [5, 5.41) is 9.04. The molecule has 0 aromatic heterocycles. The van der Waals surface area contributed by atoms with Gasteiger partial charge >= 0.3 is 5.97 Å². The Morgan fingerprint density at radius 1 is 0.741 bits per heavy atom. The maximum absolute atomic E-state index is 11.0. The Labute approximate surface area is 166 Å². The molecule has 2 heteroatoms. The van der Waals surface area contributed by atoms with E-state index in [1.807, 2.05) is 0 Å². The number of carbonyl (C=O) groups is 1. The number of carboxylic acids is 1. The van der Waals surface area contributed by atoms with Crippen molar-refractivity contribution < 1.29 is 9.90 Å². The molecule has 0 fully saturated rings. The van der Waals surface area contributed by atoms with Gasteiger partial charge in [-0.05, 0) is 91.1 Å². The second kappa shape index (κ2) is 13.4. The van der Waals surface area contributed by atoms with Crippen LogP contribution in [0.4, 0.5) is 0 Å².